The highest BCUT2D eigenvalue weighted by atomic mass is 31.1. The summed E-state index contributed by atoms with van der Waals surface area (Å²) in [6.07, 6.45) is 1.53. The topological polar surface area (TPSA) is 75.4 Å². The SMILES string of the molecule is CCC(=O)N(CCP(C)C)Cc1ccc(C(=O)Nc2cc(-c3ccccc3)ccc2N)cc1. The Morgan fingerprint density at radius 1 is 0.939 bits per heavy atom. The van der Waals surface area contributed by atoms with Crippen molar-refractivity contribution in [3.05, 3.63) is 83.9 Å². The average Bonchev–Trinajstić information content (AvgIpc) is 2.83. The van der Waals surface area contributed by atoms with Gasteiger partial charge in [-0.3, -0.25) is 9.59 Å². The lowest BCUT2D eigenvalue weighted by atomic mass is 10.0. The number of hydrogen-bond donors (Lipinski definition) is 2. The van der Waals surface area contributed by atoms with Crippen molar-refractivity contribution in [2.45, 2.75) is 19.9 Å². The summed E-state index contributed by atoms with van der Waals surface area (Å²) in [7, 11) is -0.0529. The van der Waals surface area contributed by atoms with Gasteiger partial charge in [-0.25, -0.2) is 0 Å². The maximum Gasteiger partial charge on any atom is 0.255 e. The van der Waals surface area contributed by atoms with Gasteiger partial charge in [0.05, 0.1) is 11.4 Å². The summed E-state index contributed by atoms with van der Waals surface area (Å²) in [4.78, 5) is 27.1. The van der Waals surface area contributed by atoms with Crippen LogP contribution in [0.4, 0.5) is 11.4 Å². The minimum absolute atomic E-state index is 0.0529. The van der Waals surface area contributed by atoms with Crippen molar-refractivity contribution in [3.63, 3.8) is 0 Å². The number of nitrogens with one attached hydrogen (secondary N) is 1. The molecule has 0 spiro atoms. The molecule has 0 unspecified atom stereocenters. The molecule has 3 N–H and O–H groups in total. The van der Waals surface area contributed by atoms with Gasteiger partial charge >= 0.3 is 0 Å². The predicted molar refractivity (Wildman–Crippen MR) is 140 cm³/mol. The van der Waals surface area contributed by atoms with Gasteiger partial charge in [-0.15, -0.1) is 7.92 Å². The van der Waals surface area contributed by atoms with Crippen LogP contribution in [0.2, 0.25) is 0 Å². The van der Waals surface area contributed by atoms with E-state index in [1.165, 1.54) is 0 Å². The minimum atomic E-state index is -0.220. The van der Waals surface area contributed by atoms with Gasteiger partial charge in [-0.1, -0.05) is 55.5 Å². The van der Waals surface area contributed by atoms with E-state index in [0.29, 0.717) is 29.9 Å². The molecule has 0 aliphatic heterocycles. The summed E-state index contributed by atoms with van der Waals surface area (Å²) in [6, 6.07) is 23.0. The van der Waals surface area contributed by atoms with Crippen LogP contribution < -0.4 is 11.1 Å². The molecule has 3 aromatic rings. The van der Waals surface area contributed by atoms with Crippen LogP contribution >= 0.6 is 7.92 Å². The largest absolute Gasteiger partial charge is 0.397 e. The summed E-state index contributed by atoms with van der Waals surface area (Å²) in [5.41, 5.74) is 10.8. The zero-order chi connectivity index (χ0) is 23.8. The zero-order valence-electron chi connectivity index (χ0n) is 19.5. The lowest BCUT2D eigenvalue weighted by molar-refractivity contribution is -0.131. The molecule has 0 aliphatic carbocycles. The number of carbonyl (C=O) groups excluding carboxylic acids is 2. The number of nitrogen functional groups attached to an aromatic ring is 1. The van der Waals surface area contributed by atoms with Crippen LogP contribution in [0.1, 0.15) is 29.3 Å². The Hall–Kier alpha value is -3.17. The van der Waals surface area contributed by atoms with Gasteiger partial charge in [0, 0.05) is 25.1 Å². The number of anilines is 2. The molecule has 6 heteroatoms. The molecule has 0 radical (unpaired) electrons. The van der Waals surface area contributed by atoms with Crippen molar-refractivity contribution in [1.29, 1.82) is 0 Å². The fraction of sp³-hybridized carbons (Fsp3) is 0.259. The molecule has 2 amide bonds. The van der Waals surface area contributed by atoms with E-state index < -0.39 is 0 Å². The molecule has 3 aromatic carbocycles. The number of nitrogens with two attached hydrogens (primary N) is 1. The van der Waals surface area contributed by atoms with Crippen LogP contribution in [0.15, 0.2) is 72.8 Å². The van der Waals surface area contributed by atoms with E-state index in [4.69, 9.17) is 5.73 Å². The summed E-state index contributed by atoms with van der Waals surface area (Å²) in [5.74, 6) is -0.0648. The van der Waals surface area contributed by atoms with Crippen molar-refractivity contribution < 1.29 is 9.59 Å². The standard InChI is InChI=1S/C27H32N3O2P/c1-4-26(31)30(16-17-33(2)3)19-20-10-12-22(13-11-20)27(32)29-25-18-23(14-15-24(25)28)21-8-6-5-7-9-21/h5-15,18H,4,16-17,19,28H2,1-3H3,(H,29,32). The van der Waals surface area contributed by atoms with E-state index in [1.807, 2.05) is 66.4 Å². The molecule has 5 nitrogen and oxygen atoms in total. The van der Waals surface area contributed by atoms with Gasteiger partial charge in [-0.05, 0) is 60.4 Å². The third kappa shape index (κ3) is 6.90. The highest BCUT2D eigenvalue weighted by Gasteiger charge is 2.14. The Kier molecular flexibility index (Phi) is 8.62. The Morgan fingerprint density at radius 2 is 1.64 bits per heavy atom. The van der Waals surface area contributed by atoms with Crippen molar-refractivity contribution in [1.82, 2.24) is 4.90 Å². The van der Waals surface area contributed by atoms with Gasteiger partial charge in [0.1, 0.15) is 0 Å². The van der Waals surface area contributed by atoms with Gasteiger partial charge < -0.3 is 16.0 Å². The molecule has 0 aromatic heterocycles. The molecule has 0 aliphatic rings. The van der Waals surface area contributed by atoms with E-state index in [9.17, 15) is 9.59 Å². The first-order chi connectivity index (χ1) is 15.9. The molecule has 0 atom stereocenters. The Labute approximate surface area is 197 Å². The smallest absolute Gasteiger partial charge is 0.255 e. The third-order valence-electron chi connectivity index (χ3n) is 5.47. The van der Waals surface area contributed by atoms with Crippen molar-refractivity contribution >= 4 is 31.1 Å². The van der Waals surface area contributed by atoms with Gasteiger partial charge in [0.15, 0.2) is 0 Å². The molecule has 0 saturated carbocycles. The molecule has 0 heterocycles. The molecule has 0 bridgehead atoms. The lowest BCUT2D eigenvalue weighted by Crippen LogP contribution is -2.32. The van der Waals surface area contributed by atoms with Gasteiger partial charge in [0.25, 0.3) is 5.91 Å². The third-order valence-corrected chi connectivity index (χ3v) is 6.56. The van der Waals surface area contributed by atoms with Crippen molar-refractivity contribution in [3.8, 4) is 11.1 Å². The van der Waals surface area contributed by atoms with Crippen LogP contribution in [0.3, 0.4) is 0 Å². The Morgan fingerprint density at radius 3 is 2.27 bits per heavy atom. The normalized spacial score (nSPS) is 10.8. The van der Waals surface area contributed by atoms with Crippen LogP contribution in [-0.2, 0) is 11.3 Å². The number of rotatable bonds is 9. The minimum Gasteiger partial charge on any atom is -0.397 e. The summed E-state index contributed by atoms with van der Waals surface area (Å²) in [6.45, 7) is 7.66. The average molecular weight is 462 g/mol. The second-order valence-electron chi connectivity index (χ2n) is 8.29. The molecule has 0 fully saturated rings. The molecule has 0 saturated heterocycles. The Bertz CT molecular complexity index is 1080. The molecule has 3 rings (SSSR count). The maximum atomic E-state index is 12.9. The second kappa shape index (κ2) is 11.6. The lowest BCUT2D eigenvalue weighted by Gasteiger charge is -2.23. The van der Waals surface area contributed by atoms with E-state index in [2.05, 4.69) is 18.6 Å². The Balaban J connectivity index is 1.70. The molecular formula is C27H32N3O2P. The second-order valence-corrected chi connectivity index (χ2v) is 10.9. The van der Waals surface area contributed by atoms with Crippen LogP contribution in [-0.4, -0.2) is 42.8 Å². The highest BCUT2D eigenvalue weighted by molar-refractivity contribution is 7.56. The van der Waals surface area contributed by atoms with Gasteiger partial charge in [-0.2, -0.15) is 0 Å². The highest BCUT2D eigenvalue weighted by Crippen LogP contribution is 2.28. The van der Waals surface area contributed by atoms with Crippen LogP contribution in [0.25, 0.3) is 11.1 Å². The number of amides is 2. The molecular weight excluding hydrogens is 429 g/mol. The summed E-state index contributed by atoms with van der Waals surface area (Å²) >= 11 is 0. The zero-order valence-corrected chi connectivity index (χ0v) is 20.4. The van der Waals surface area contributed by atoms with E-state index in [1.54, 1.807) is 18.2 Å². The van der Waals surface area contributed by atoms with Crippen molar-refractivity contribution in [2.75, 3.05) is 37.1 Å². The summed E-state index contributed by atoms with van der Waals surface area (Å²) < 4.78 is 0. The predicted octanol–water partition coefficient (Wildman–Crippen LogP) is 5.67. The number of benzene rings is 3. The van der Waals surface area contributed by atoms with E-state index in [0.717, 1.165) is 29.4 Å². The summed E-state index contributed by atoms with van der Waals surface area (Å²) in [5, 5.41) is 2.93. The quantitative estimate of drug-likeness (QED) is 0.319. The van der Waals surface area contributed by atoms with Crippen LogP contribution in [0.5, 0.6) is 0 Å². The number of carbonyl (C=O) groups is 2. The van der Waals surface area contributed by atoms with E-state index >= 15 is 0 Å². The maximum absolute atomic E-state index is 12.9. The first-order valence-corrected chi connectivity index (χ1v) is 13.6. The monoisotopic (exact) mass is 461 g/mol. The fourth-order valence-electron chi connectivity index (χ4n) is 3.49. The molecule has 172 valence electrons. The first-order valence-electron chi connectivity index (χ1n) is 11.1. The van der Waals surface area contributed by atoms with Gasteiger partial charge in [0.2, 0.25) is 5.91 Å². The fourth-order valence-corrected chi connectivity index (χ4v) is 4.13. The van der Waals surface area contributed by atoms with Crippen molar-refractivity contribution in [2.24, 2.45) is 0 Å². The number of hydrogen-bond acceptors (Lipinski definition) is 3. The first kappa shape index (κ1) is 24.5. The molecule has 33 heavy (non-hydrogen) atoms. The number of nitrogens with zero attached hydrogens (tertiary/aromatic N) is 1. The van der Waals surface area contributed by atoms with Crippen LogP contribution in [0, 0.1) is 0 Å². The van der Waals surface area contributed by atoms with E-state index in [-0.39, 0.29) is 19.7 Å².